The van der Waals surface area contributed by atoms with Gasteiger partial charge in [0.2, 0.25) is 5.91 Å². The first-order valence-corrected chi connectivity index (χ1v) is 6.97. The first kappa shape index (κ1) is 16.2. The number of likely N-dealkylation sites (N-methyl/N-ethyl adjacent to an activating group) is 1. The first-order valence-electron chi connectivity index (χ1n) is 6.97. The third kappa shape index (κ3) is 4.68. The number of hydrogen-bond acceptors (Lipinski definition) is 2. The average Bonchev–Trinajstić information content (AvgIpc) is 2.45. The zero-order valence-electron chi connectivity index (χ0n) is 12.4. The summed E-state index contributed by atoms with van der Waals surface area (Å²) < 4.78 is 0. The summed E-state index contributed by atoms with van der Waals surface area (Å²) in [5, 5.41) is 8.91. The van der Waals surface area contributed by atoms with Gasteiger partial charge in [-0.1, -0.05) is 37.3 Å². The molecule has 0 spiro atoms. The van der Waals surface area contributed by atoms with Gasteiger partial charge in [0, 0.05) is 13.0 Å². The molecule has 1 aromatic carbocycles. The van der Waals surface area contributed by atoms with E-state index in [1.54, 1.807) is 7.05 Å². The molecule has 110 valence electrons. The topological polar surface area (TPSA) is 57.6 Å². The Kier molecular flexibility index (Phi) is 6.22. The molecular formula is C16H23NO3. The fraction of sp³-hybridized carbons (Fsp3) is 0.500. The van der Waals surface area contributed by atoms with E-state index >= 15 is 0 Å². The van der Waals surface area contributed by atoms with Crippen molar-refractivity contribution in [2.75, 3.05) is 7.05 Å². The first-order chi connectivity index (χ1) is 9.43. The van der Waals surface area contributed by atoms with Gasteiger partial charge in [-0.05, 0) is 31.7 Å². The highest BCUT2D eigenvalue weighted by Crippen LogP contribution is 2.14. The smallest absolute Gasteiger partial charge is 0.326 e. The highest BCUT2D eigenvalue weighted by molar-refractivity contribution is 5.84. The van der Waals surface area contributed by atoms with Crippen LogP contribution < -0.4 is 0 Å². The lowest BCUT2D eigenvalue weighted by atomic mass is 9.99. The highest BCUT2D eigenvalue weighted by Gasteiger charge is 2.25. The Morgan fingerprint density at radius 2 is 1.80 bits per heavy atom. The van der Waals surface area contributed by atoms with E-state index in [0.29, 0.717) is 0 Å². The standard InChI is InChI=1S/C16H23NO3/c1-12(15(18)17(3)13(2)16(19)20)8-7-11-14-9-5-4-6-10-14/h4-6,9-10,12-13H,7-8,11H2,1-3H3,(H,19,20). The SMILES string of the molecule is CC(CCCc1ccccc1)C(=O)N(C)C(C)C(=O)O. The van der Waals surface area contributed by atoms with Gasteiger partial charge in [-0.3, -0.25) is 4.79 Å². The highest BCUT2D eigenvalue weighted by atomic mass is 16.4. The predicted molar refractivity (Wildman–Crippen MR) is 78.4 cm³/mol. The lowest BCUT2D eigenvalue weighted by Crippen LogP contribution is -2.42. The van der Waals surface area contributed by atoms with Crippen LogP contribution in [0.15, 0.2) is 30.3 Å². The zero-order chi connectivity index (χ0) is 15.1. The van der Waals surface area contributed by atoms with Crippen LogP contribution in [-0.4, -0.2) is 35.0 Å². The molecule has 0 fully saturated rings. The summed E-state index contributed by atoms with van der Waals surface area (Å²) in [6.07, 6.45) is 2.63. The van der Waals surface area contributed by atoms with E-state index < -0.39 is 12.0 Å². The summed E-state index contributed by atoms with van der Waals surface area (Å²) >= 11 is 0. The number of benzene rings is 1. The second kappa shape index (κ2) is 7.68. The number of carboxylic acids is 1. The van der Waals surface area contributed by atoms with Crippen LogP contribution in [0.3, 0.4) is 0 Å². The molecule has 0 aliphatic rings. The number of nitrogens with zero attached hydrogens (tertiary/aromatic N) is 1. The number of carboxylic acid groups (broad SMARTS) is 1. The van der Waals surface area contributed by atoms with E-state index in [-0.39, 0.29) is 11.8 Å². The molecule has 0 saturated carbocycles. The Morgan fingerprint density at radius 1 is 1.20 bits per heavy atom. The molecule has 0 aliphatic heterocycles. The third-order valence-corrected chi connectivity index (χ3v) is 3.65. The molecule has 0 aromatic heterocycles. The van der Waals surface area contributed by atoms with Crippen LogP contribution in [-0.2, 0) is 16.0 Å². The molecule has 2 atom stereocenters. The van der Waals surface area contributed by atoms with Gasteiger partial charge in [0.25, 0.3) is 0 Å². The van der Waals surface area contributed by atoms with Crippen molar-refractivity contribution in [3.8, 4) is 0 Å². The number of aryl methyl sites for hydroxylation is 1. The Hall–Kier alpha value is -1.84. The predicted octanol–water partition coefficient (Wildman–Crippen LogP) is 2.58. The molecule has 20 heavy (non-hydrogen) atoms. The lowest BCUT2D eigenvalue weighted by Gasteiger charge is -2.24. The minimum absolute atomic E-state index is 0.104. The van der Waals surface area contributed by atoms with Gasteiger partial charge in [0.1, 0.15) is 6.04 Å². The van der Waals surface area contributed by atoms with E-state index in [4.69, 9.17) is 5.11 Å². The molecule has 0 aliphatic carbocycles. The number of rotatable bonds is 7. The molecule has 1 amide bonds. The minimum Gasteiger partial charge on any atom is -0.480 e. The Morgan fingerprint density at radius 3 is 2.35 bits per heavy atom. The molecular weight excluding hydrogens is 254 g/mol. The van der Waals surface area contributed by atoms with Crippen LogP contribution in [0.5, 0.6) is 0 Å². The summed E-state index contributed by atoms with van der Waals surface area (Å²) in [5.74, 6) is -1.23. The van der Waals surface area contributed by atoms with Crippen molar-refractivity contribution in [3.05, 3.63) is 35.9 Å². The number of carbonyl (C=O) groups is 2. The van der Waals surface area contributed by atoms with E-state index in [1.165, 1.54) is 17.4 Å². The van der Waals surface area contributed by atoms with Gasteiger partial charge < -0.3 is 10.0 Å². The van der Waals surface area contributed by atoms with Crippen LogP contribution in [0.25, 0.3) is 0 Å². The second-order valence-electron chi connectivity index (χ2n) is 5.24. The zero-order valence-corrected chi connectivity index (χ0v) is 12.4. The number of aliphatic carboxylic acids is 1. The fourth-order valence-electron chi connectivity index (χ4n) is 2.08. The molecule has 1 rings (SSSR count). The van der Waals surface area contributed by atoms with Crippen LogP contribution >= 0.6 is 0 Å². The maximum Gasteiger partial charge on any atom is 0.326 e. The Balaban J connectivity index is 2.40. The summed E-state index contributed by atoms with van der Waals surface area (Å²) in [7, 11) is 1.55. The maximum atomic E-state index is 12.1. The molecule has 2 unspecified atom stereocenters. The third-order valence-electron chi connectivity index (χ3n) is 3.65. The van der Waals surface area contributed by atoms with Gasteiger partial charge >= 0.3 is 5.97 Å². The minimum atomic E-state index is -0.975. The Labute approximate surface area is 120 Å². The summed E-state index contributed by atoms with van der Waals surface area (Å²) in [6.45, 7) is 3.38. The Bertz CT molecular complexity index is 444. The fourth-order valence-corrected chi connectivity index (χ4v) is 2.08. The van der Waals surface area contributed by atoms with Crippen LogP contribution in [0.4, 0.5) is 0 Å². The average molecular weight is 277 g/mol. The van der Waals surface area contributed by atoms with Gasteiger partial charge in [0.05, 0.1) is 0 Å². The normalized spacial score (nSPS) is 13.6. The maximum absolute atomic E-state index is 12.1. The van der Waals surface area contributed by atoms with E-state index in [1.807, 2.05) is 25.1 Å². The van der Waals surface area contributed by atoms with Crippen molar-refractivity contribution in [3.63, 3.8) is 0 Å². The largest absolute Gasteiger partial charge is 0.480 e. The van der Waals surface area contributed by atoms with E-state index in [2.05, 4.69) is 12.1 Å². The number of carbonyl (C=O) groups excluding carboxylic acids is 1. The molecule has 0 saturated heterocycles. The molecule has 0 bridgehead atoms. The summed E-state index contributed by atoms with van der Waals surface area (Å²) in [5.41, 5.74) is 1.26. The number of amides is 1. The van der Waals surface area contributed by atoms with Gasteiger partial charge in [0.15, 0.2) is 0 Å². The van der Waals surface area contributed by atoms with Crippen LogP contribution in [0.2, 0.25) is 0 Å². The van der Waals surface area contributed by atoms with Gasteiger partial charge in [-0.2, -0.15) is 0 Å². The van der Waals surface area contributed by atoms with Gasteiger partial charge in [-0.25, -0.2) is 4.79 Å². The van der Waals surface area contributed by atoms with E-state index in [9.17, 15) is 9.59 Å². The molecule has 1 aromatic rings. The summed E-state index contributed by atoms with van der Waals surface area (Å²) in [6, 6.07) is 9.37. The molecule has 4 heteroatoms. The van der Waals surface area contributed by atoms with Crippen molar-refractivity contribution < 1.29 is 14.7 Å². The van der Waals surface area contributed by atoms with Crippen molar-refractivity contribution >= 4 is 11.9 Å². The lowest BCUT2D eigenvalue weighted by molar-refractivity contribution is -0.149. The second-order valence-corrected chi connectivity index (χ2v) is 5.24. The van der Waals surface area contributed by atoms with Crippen LogP contribution in [0, 0.1) is 5.92 Å². The molecule has 1 N–H and O–H groups in total. The monoisotopic (exact) mass is 277 g/mol. The molecule has 4 nitrogen and oxygen atoms in total. The van der Waals surface area contributed by atoms with Crippen LogP contribution in [0.1, 0.15) is 32.3 Å². The van der Waals surface area contributed by atoms with Crippen molar-refractivity contribution in [2.24, 2.45) is 5.92 Å². The quantitative estimate of drug-likeness (QED) is 0.833. The van der Waals surface area contributed by atoms with Gasteiger partial charge in [-0.15, -0.1) is 0 Å². The van der Waals surface area contributed by atoms with Crippen molar-refractivity contribution in [2.45, 2.75) is 39.2 Å². The molecule has 0 heterocycles. The van der Waals surface area contributed by atoms with E-state index in [0.717, 1.165) is 19.3 Å². The number of hydrogen-bond donors (Lipinski definition) is 1. The van der Waals surface area contributed by atoms with Crippen molar-refractivity contribution in [1.82, 2.24) is 4.90 Å². The molecule has 0 radical (unpaired) electrons. The summed E-state index contributed by atoms with van der Waals surface area (Å²) in [4.78, 5) is 24.3. The van der Waals surface area contributed by atoms with Crippen molar-refractivity contribution in [1.29, 1.82) is 0 Å².